The first-order valence-corrected chi connectivity index (χ1v) is 11.2. The maximum absolute atomic E-state index is 12.9. The van der Waals surface area contributed by atoms with Crippen molar-refractivity contribution in [3.05, 3.63) is 62.5 Å². The molecule has 0 aliphatic rings. The molecule has 3 heterocycles. The lowest BCUT2D eigenvalue weighted by Crippen LogP contribution is -2.25. The number of benzene rings is 1. The van der Waals surface area contributed by atoms with E-state index in [2.05, 4.69) is 22.2 Å². The zero-order valence-electron chi connectivity index (χ0n) is 14.6. The van der Waals surface area contributed by atoms with Crippen LogP contribution in [0.1, 0.15) is 5.69 Å². The predicted octanol–water partition coefficient (Wildman–Crippen LogP) is 4.52. The Morgan fingerprint density at radius 2 is 2.07 bits per heavy atom. The number of thiazole rings is 1. The van der Waals surface area contributed by atoms with Gasteiger partial charge in [0.25, 0.3) is 5.56 Å². The zero-order chi connectivity index (χ0) is 18.6. The molecule has 8 heteroatoms. The Labute approximate surface area is 168 Å². The highest BCUT2D eigenvalue weighted by molar-refractivity contribution is 7.98. The molecular formula is C19H17N3O2S3. The molecule has 3 aromatic heterocycles. The average molecular weight is 416 g/mol. The van der Waals surface area contributed by atoms with Crippen molar-refractivity contribution in [1.82, 2.24) is 14.5 Å². The summed E-state index contributed by atoms with van der Waals surface area (Å²) in [7, 11) is 1.63. The Kier molecular flexibility index (Phi) is 5.68. The van der Waals surface area contributed by atoms with Gasteiger partial charge in [0.2, 0.25) is 0 Å². The van der Waals surface area contributed by atoms with Crippen molar-refractivity contribution in [3.8, 4) is 10.6 Å². The van der Waals surface area contributed by atoms with Crippen LogP contribution in [-0.4, -0.2) is 28.3 Å². The number of fused-ring (bicyclic) bond motifs is 1. The fourth-order valence-corrected chi connectivity index (χ4v) is 5.22. The predicted molar refractivity (Wildman–Crippen MR) is 113 cm³/mol. The molecule has 0 radical (unpaired) electrons. The van der Waals surface area contributed by atoms with Gasteiger partial charge in [-0.05, 0) is 23.6 Å². The van der Waals surface area contributed by atoms with Gasteiger partial charge >= 0.3 is 0 Å². The summed E-state index contributed by atoms with van der Waals surface area (Å²) in [5.74, 6) is 0.665. The Morgan fingerprint density at radius 3 is 2.89 bits per heavy atom. The molecule has 138 valence electrons. The Balaban J connectivity index is 1.61. The summed E-state index contributed by atoms with van der Waals surface area (Å²) in [5, 5.41) is 8.57. The van der Waals surface area contributed by atoms with E-state index in [4.69, 9.17) is 14.7 Å². The number of thiophene rings is 1. The number of para-hydroxylation sites is 1. The molecule has 0 saturated carbocycles. The van der Waals surface area contributed by atoms with Crippen LogP contribution in [0.25, 0.3) is 21.5 Å². The molecule has 27 heavy (non-hydrogen) atoms. The van der Waals surface area contributed by atoms with Crippen LogP contribution in [0.2, 0.25) is 0 Å². The Morgan fingerprint density at radius 1 is 1.19 bits per heavy atom. The summed E-state index contributed by atoms with van der Waals surface area (Å²) in [4.78, 5) is 22.3. The highest BCUT2D eigenvalue weighted by Gasteiger charge is 2.13. The van der Waals surface area contributed by atoms with Gasteiger partial charge in [0.1, 0.15) is 5.01 Å². The molecular weight excluding hydrogens is 398 g/mol. The molecule has 0 N–H and O–H groups in total. The monoisotopic (exact) mass is 415 g/mol. The standard InChI is InChI=1S/C19H17N3O2S3/c1-24-8-7-22-18(23)15-4-2-3-5-16(15)21-19(22)27-12-14-11-26-17(20-14)13-6-9-25-10-13/h2-6,9-11H,7-8,12H2,1H3. The SMILES string of the molecule is COCCn1c(SCc2csc(-c3ccsc3)n2)nc2ccccc2c1=O. The maximum Gasteiger partial charge on any atom is 0.262 e. The van der Waals surface area contributed by atoms with Crippen LogP contribution in [0.4, 0.5) is 0 Å². The Hall–Kier alpha value is -2.00. The summed E-state index contributed by atoms with van der Waals surface area (Å²) in [6.45, 7) is 0.944. The van der Waals surface area contributed by atoms with Gasteiger partial charge in [0, 0.05) is 29.2 Å². The minimum Gasteiger partial charge on any atom is -0.383 e. The number of ether oxygens (including phenoxy) is 1. The summed E-state index contributed by atoms with van der Waals surface area (Å²) < 4.78 is 6.87. The second-order valence-electron chi connectivity index (χ2n) is 5.81. The van der Waals surface area contributed by atoms with Crippen LogP contribution in [0.15, 0.2) is 56.4 Å². The first-order chi connectivity index (χ1) is 13.3. The highest BCUT2D eigenvalue weighted by atomic mass is 32.2. The topological polar surface area (TPSA) is 57.0 Å². The number of rotatable bonds is 7. The van der Waals surface area contributed by atoms with E-state index in [1.54, 1.807) is 34.4 Å². The number of hydrogen-bond acceptors (Lipinski definition) is 7. The third-order valence-electron chi connectivity index (χ3n) is 4.01. The third kappa shape index (κ3) is 3.98. The smallest absolute Gasteiger partial charge is 0.262 e. The number of hydrogen-bond donors (Lipinski definition) is 0. The number of methoxy groups -OCH3 is 1. The molecule has 5 nitrogen and oxygen atoms in total. The molecule has 4 aromatic rings. The fraction of sp³-hybridized carbons (Fsp3) is 0.211. The minimum absolute atomic E-state index is 0.0302. The molecule has 0 atom stereocenters. The number of nitrogens with zero attached hydrogens (tertiary/aromatic N) is 3. The number of thioether (sulfide) groups is 1. The second kappa shape index (κ2) is 8.35. The van der Waals surface area contributed by atoms with Crippen molar-refractivity contribution in [3.63, 3.8) is 0 Å². The zero-order valence-corrected chi connectivity index (χ0v) is 17.1. The van der Waals surface area contributed by atoms with Gasteiger partial charge in [-0.2, -0.15) is 11.3 Å². The van der Waals surface area contributed by atoms with E-state index in [1.165, 1.54) is 11.8 Å². The molecule has 1 aromatic carbocycles. The lowest BCUT2D eigenvalue weighted by molar-refractivity contribution is 0.183. The van der Waals surface area contributed by atoms with Gasteiger partial charge in [0.15, 0.2) is 5.16 Å². The molecule has 0 amide bonds. The van der Waals surface area contributed by atoms with Crippen molar-refractivity contribution in [1.29, 1.82) is 0 Å². The fourth-order valence-electron chi connectivity index (χ4n) is 2.67. The summed E-state index contributed by atoms with van der Waals surface area (Å²) in [6.07, 6.45) is 0. The van der Waals surface area contributed by atoms with Crippen molar-refractivity contribution < 1.29 is 4.74 Å². The first-order valence-electron chi connectivity index (χ1n) is 8.34. The van der Waals surface area contributed by atoms with Crippen LogP contribution in [0.3, 0.4) is 0 Å². The molecule has 0 fully saturated rings. The molecule has 0 aliphatic carbocycles. The van der Waals surface area contributed by atoms with Crippen molar-refractivity contribution >= 4 is 45.3 Å². The van der Waals surface area contributed by atoms with Crippen molar-refractivity contribution in [2.24, 2.45) is 0 Å². The van der Waals surface area contributed by atoms with Crippen LogP contribution in [0.5, 0.6) is 0 Å². The lowest BCUT2D eigenvalue weighted by atomic mass is 10.2. The highest BCUT2D eigenvalue weighted by Crippen LogP contribution is 2.28. The molecule has 0 saturated heterocycles. The lowest BCUT2D eigenvalue weighted by Gasteiger charge is -2.12. The van der Waals surface area contributed by atoms with Gasteiger partial charge in [-0.1, -0.05) is 23.9 Å². The van der Waals surface area contributed by atoms with E-state index in [0.717, 1.165) is 21.8 Å². The first kappa shape index (κ1) is 18.4. The quantitative estimate of drug-likeness (QED) is 0.328. The second-order valence-corrected chi connectivity index (χ2v) is 8.39. The van der Waals surface area contributed by atoms with Crippen molar-refractivity contribution in [2.75, 3.05) is 13.7 Å². The van der Waals surface area contributed by atoms with Crippen LogP contribution in [-0.2, 0) is 17.0 Å². The van der Waals surface area contributed by atoms with E-state index >= 15 is 0 Å². The van der Waals surface area contributed by atoms with Gasteiger partial charge in [0.05, 0.1) is 29.7 Å². The number of aromatic nitrogens is 3. The normalized spacial score (nSPS) is 11.3. The molecule has 0 unspecified atom stereocenters. The van der Waals surface area contributed by atoms with Gasteiger partial charge in [-0.25, -0.2) is 9.97 Å². The summed E-state index contributed by atoms with van der Waals surface area (Å²) >= 11 is 4.84. The van der Waals surface area contributed by atoms with Crippen LogP contribution in [0, 0.1) is 0 Å². The summed E-state index contributed by atoms with van der Waals surface area (Å²) in [5.41, 5.74) is 2.84. The van der Waals surface area contributed by atoms with Gasteiger partial charge in [-0.15, -0.1) is 11.3 Å². The van der Waals surface area contributed by atoms with E-state index in [9.17, 15) is 4.79 Å². The minimum atomic E-state index is -0.0302. The van der Waals surface area contributed by atoms with Gasteiger partial charge < -0.3 is 4.74 Å². The molecule has 0 bridgehead atoms. The van der Waals surface area contributed by atoms with Crippen LogP contribution < -0.4 is 5.56 Å². The Bertz CT molecular complexity index is 1100. The molecule has 0 spiro atoms. The maximum atomic E-state index is 12.9. The molecule has 0 aliphatic heterocycles. The van der Waals surface area contributed by atoms with E-state index in [-0.39, 0.29) is 5.56 Å². The average Bonchev–Trinajstić information content (AvgIpc) is 3.37. The molecule has 4 rings (SSSR count). The largest absolute Gasteiger partial charge is 0.383 e. The van der Waals surface area contributed by atoms with E-state index < -0.39 is 0 Å². The van der Waals surface area contributed by atoms with Crippen molar-refractivity contribution in [2.45, 2.75) is 17.5 Å². The van der Waals surface area contributed by atoms with Gasteiger partial charge in [-0.3, -0.25) is 9.36 Å². The third-order valence-corrected chi connectivity index (χ3v) is 6.65. The van der Waals surface area contributed by atoms with E-state index in [0.29, 0.717) is 29.4 Å². The van der Waals surface area contributed by atoms with E-state index in [1.807, 2.05) is 24.3 Å². The van der Waals surface area contributed by atoms with Crippen LogP contribution >= 0.6 is 34.4 Å². The summed E-state index contributed by atoms with van der Waals surface area (Å²) in [6, 6.07) is 9.53.